The van der Waals surface area contributed by atoms with Gasteiger partial charge in [-0.05, 0) is 17.7 Å². The van der Waals surface area contributed by atoms with Crippen LogP contribution in [-0.4, -0.2) is 24.2 Å². The molecule has 0 saturated carbocycles. The second-order valence-corrected chi connectivity index (χ2v) is 7.20. The number of hydrogen-bond acceptors (Lipinski definition) is 6. The molecule has 0 atom stereocenters. The van der Waals surface area contributed by atoms with Crippen molar-refractivity contribution in [3.05, 3.63) is 64.1 Å². The third-order valence-corrected chi connectivity index (χ3v) is 5.14. The summed E-state index contributed by atoms with van der Waals surface area (Å²) in [4.78, 5) is 16.7. The van der Waals surface area contributed by atoms with E-state index in [9.17, 15) is 4.79 Å². The van der Waals surface area contributed by atoms with Gasteiger partial charge in [-0.3, -0.25) is 0 Å². The molecule has 0 bridgehead atoms. The van der Waals surface area contributed by atoms with Crippen LogP contribution in [0, 0.1) is 0 Å². The number of nitrogens with zero attached hydrogens (tertiary/aromatic N) is 1. The number of thiazole rings is 1. The molecule has 0 radical (unpaired) electrons. The van der Waals surface area contributed by atoms with Crippen LogP contribution in [-0.2, 0) is 11.3 Å². The molecule has 0 fully saturated rings. The van der Waals surface area contributed by atoms with Crippen LogP contribution in [0.5, 0.6) is 11.5 Å². The number of ether oxygens (including phenoxy) is 3. The van der Waals surface area contributed by atoms with Crippen molar-refractivity contribution in [3.8, 4) is 22.1 Å². The Kier molecular flexibility index (Phi) is 5.27. The molecule has 0 amide bonds. The smallest absolute Gasteiger partial charge is 0.358 e. The van der Waals surface area contributed by atoms with Crippen LogP contribution in [0.25, 0.3) is 10.6 Å². The second kappa shape index (κ2) is 7.98. The topological polar surface area (TPSA) is 57.7 Å². The lowest BCUT2D eigenvalue weighted by molar-refractivity contribution is 0.0466. The van der Waals surface area contributed by atoms with E-state index in [0.717, 1.165) is 22.6 Å². The van der Waals surface area contributed by atoms with Gasteiger partial charge in [0.25, 0.3) is 0 Å². The Balaban J connectivity index is 1.45. The molecule has 0 spiro atoms. The minimum atomic E-state index is -0.475. The fourth-order valence-corrected chi connectivity index (χ4v) is 3.75. The van der Waals surface area contributed by atoms with E-state index in [4.69, 9.17) is 25.8 Å². The summed E-state index contributed by atoms with van der Waals surface area (Å²) in [6, 6.07) is 13.2. The molecule has 0 aliphatic carbocycles. The van der Waals surface area contributed by atoms with Gasteiger partial charge in [0, 0.05) is 17.4 Å². The number of rotatable bonds is 4. The van der Waals surface area contributed by atoms with Crippen LogP contribution in [0.2, 0.25) is 5.02 Å². The van der Waals surface area contributed by atoms with Gasteiger partial charge < -0.3 is 14.2 Å². The lowest BCUT2D eigenvalue weighted by Gasteiger charge is -2.11. The molecule has 5 nitrogen and oxygen atoms in total. The van der Waals surface area contributed by atoms with Crippen LogP contribution in [0.3, 0.4) is 0 Å². The molecule has 4 rings (SSSR count). The largest absolute Gasteiger partial charge is 0.489 e. The number of esters is 1. The maximum absolute atomic E-state index is 12.3. The van der Waals surface area contributed by atoms with Gasteiger partial charge in [0.1, 0.15) is 11.6 Å². The number of benzene rings is 2. The number of halogens is 1. The average molecular weight is 402 g/mol. The van der Waals surface area contributed by atoms with E-state index < -0.39 is 5.97 Å². The van der Waals surface area contributed by atoms with Crippen LogP contribution in [0.15, 0.2) is 47.8 Å². The number of fused-ring (bicyclic) bond motifs is 1. The van der Waals surface area contributed by atoms with Gasteiger partial charge >= 0.3 is 5.97 Å². The Hall–Kier alpha value is -2.57. The zero-order valence-corrected chi connectivity index (χ0v) is 15.9. The van der Waals surface area contributed by atoms with Crippen LogP contribution in [0.4, 0.5) is 0 Å². The standard InChI is InChI=1S/C20H16ClNO4S/c21-15-9-13(10-17-18(15)25-8-4-7-24-17)11-26-20(23)16-12-27-19(22-16)14-5-2-1-3-6-14/h1-3,5-6,9-10,12H,4,7-8,11H2. The fraction of sp³-hybridized carbons (Fsp3) is 0.200. The van der Waals surface area contributed by atoms with Gasteiger partial charge in [0.15, 0.2) is 17.2 Å². The molecule has 0 unspecified atom stereocenters. The lowest BCUT2D eigenvalue weighted by atomic mass is 10.2. The molecular formula is C20H16ClNO4S. The molecule has 138 valence electrons. The maximum atomic E-state index is 12.3. The van der Waals surface area contributed by atoms with Crippen LogP contribution in [0.1, 0.15) is 22.5 Å². The normalized spacial score (nSPS) is 13.1. The summed E-state index contributed by atoms with van der Waals surface area (Å²) < 4.78 is 16.6. The summed E-state index contributed by atoms with van der Waals surface area (Å²) in [5.74, 6) is 0.638. The van der Waals surface area contributed by atoms with Gasteiger partial charge in [-0.2, -0.15) is 0 Å². The number of aromatic nitrogens is 1. The van der Waals surface area contributed by atoms with Gasteiger partial charge in [-0.1, -0.05) is 41.9 Å². The third kappa shape index (κ3) is 4.07. The van der Waals surface area contributed by atoms with Gasteiger partial charge in [-0.25, -0.2) is 9.78 Å². The van der Waals surface area contributed by atoms with Crippen molar-refractivity contribution in [2.45, 2.75) is 13.0 Å². The molecule has 0 saturated heterocycles. The zero-order valence-electron chi connectivity index (χ0n) is 14.3. The van der Waals surface area contributed by atoms with Gasteiger partial charge in [0.05, 0.1) is 18.2 Å². The first-order chi connectivity index (χ1) is 13.2. The maximum Gasteiger partial charge on any atom is 0.358 e. The summed E-state index contributed by atoms with van der Waals surface area (Å²) in [6.07, 6.45) is 0.795. The minimum Gasteiger partial charge on any atom is -0.489 e. The minimum absolute atomic E-state index is 0.0768. The number of carbonyl (C=O) groups excluding carboxylic acids is 1. The van der Waals surface area contributed by atoms with Crippen molar-refractivity contribution >= 4 is 28.9 Å². The monoisotopic (exact) mass is 401 g/mol. The molecule has 2 aromatic carbocycles. The summed E-state index contributed by atoms with van der Waals surface area (Å²) in [5.41, 5.74) is 1.99. The van der Waals surface area contributed by atoms with Crippen molar-refractivity contribution < 1.29 is 19.0 Å². The van der Waals surface area contributed by atoms with Crippen molar-refractivity contribution in [2.24, 2.45) is 0 Å². The van der Waals surface area contributed by atoms with Gasteiger partial charge in [0.2, 0.25) is 0 Å². The third-order valence-electron chi connectivity index (χ3n) is 3.97. The van der Waals surface area contributed by atoms with Crippen LogP contribution >= 0.6 is 22.9 Å². The van der Waals surface area contributed by atoms with Crippen LogP contribution < -0.4 is 9.47 Å². The predicted molar refractivity (Wildman–Crippen MR) is 104 cm³/mol. The molecular weight excluding hydrogens is 386 g/mol. The average Bonchev–Trinajstić information content (AvgIpc) is 3.06. The van der Waals surface area contributed by atoms with E-state index in [-0.39, 0.29) is 6.61 Å². The number of carbonyl (C=O) groups is 1. The highest BCUT2D eigenvalue weighted by Crippen LogP contribution is 2.38. The summed E-state index contributed by atoms with van der Waals surface area (Å²) in [6.45, 7) is 1.20. The Morgan fingerprint density at radius 3 is 2.85 bits per heavy atom. The first-order valence-electron chi connectivity index (χ1n) is 8.47. The van der Waals surface area contributed by atoms with E-state index in [1.807, 2.05) is 30.3 Å². The fourth-order valence-electron chi connectivity index (χ4n) is 2.67. The zero-order chi connectivity index (χ0) is 18.6. The first kappa shape index (κ1) is 17.8. The lowest BCUT2D eigenvalue weighted by Crippen LogP contribution is -2.06. The summed E-state index contributed by atoms with van der Waals surface area (Å²) >= 11 is 7.67. The number of hydrogen-bond donors (Lipinski definition) is 0. The van der Waals surface area contributed by atoms with Crippen molar-refractivity contribution in [3.63, 3.8) is 0 Å². The summed E-state index contributed by atoms with van der Waals surface area (Å²) in [7, 11) is 0. The molecule has 1 aliphatic rings. The Morgan fingerprint density at radius 1 is 1.19 bits per heavy atom. The Labute approximate surface area is 165 Å². The molecule has 1 aromatic heterocycles. The van der Waals surface area contributed by atoms with E-state index >= 15 is 0 Å². The molecule has 2 heterocycles. The predicted octanol–water partition coefficient (Wildman–Crippen LogP) is 4.98. The van der Waals surface area contributed by atoms with E-state index in [2.05, 4.69) is 4.98 Å². The molecule has 0 N–H and O–H groups in total. The summed E-state index contributed by atoms with van der Waals surface area (Å²) in [5, 5.41) is 2.92. The molecule has 27 heavy (non-hydrogen) atoms. The van der Waals surface area contributed by atoms with E-state index in [1.165, 1.54) is 11.3 Å². The highest BCUT2D eigenvalue weighted by atomic mass is 35.5. The van der Waals surface area contributed by atoms with E-state index in [1.54, 1.807) is 17.5 Å². The van der Waals surface area contributed by atoms with Gasteiger partial charge in [-0.15, -0.1) is 11.3 Å². The molecule has 1 aliphatic heterocycles. The first-order valence-corrected chi connectivity index (χ1v) is 9.72. The molecule has 3 aromatic rings. The SMILES string of the molecule is O=C(OCc1cc(Cl)c2c(c1)OCCCO2)c1csc(-c2ccccc2)n1. The van der Waals surface area contributed by atoms with Crippen molar-refractivity contribution in [1.29, 1.82) is 0 Å². The molecule has 7 heteroatoms. The highest BCUT2D eigenvalue weighted by Gasteiger charge is 2.17. The quantitative estimate of drug-likeness (QED) is 0.577. The van der Waals surface area contributed by atoms with Crippen molar-refractivity contribution in [1.82, 2.24) is 4.98 Å². The van der Waals surface area contributed by atoms with E-state index in [0.29, 0.717) is 35.4 Å². The highest BCUT2D eigenvalue weighted by molar-refractivity contribution is 7.13. The van der Waals surface area contributed by atoms with Crippen molar-refractivity contribution in [2.75, 3.05) is 13.2 Å². The Bertz CT molecular complexity index is 958. The Morgan fingerprint density at radius 2 is 2.00 bits per heavy atom. The second-order valence-electron chi connectivity index (χ2n) is 5.94.